The first-order valence-electron chi connectivity index (χ1n) is 5.37. The number of hydrogen-bond donors (Lipinski definition) is 4. The third-order valence-electron chi connectivity index (χ3n) is 2.09. The number of alkyl halides is 3. The van der Waals surface area contributed by atoms with Crippen LogP contribution in [0.3, 0.4) is 0 Å². The second kappa shape index (κ2) is 9.29. The van der Waals surface area contributed by atoms with Crippen LogP contribution in [0.5, 0.6) is 0 Å². The maximum atomic E-state index is 12.5. The van der Waals surface area contributed by atoms with Gasteiger partial charge in [-0.05, 0) is 12.2 Å². The van der Waals surface area contributed by atoms with Crippen molar-refractivity contribution in [2.45, 2.75) is 12.6 Å². The summed E-state index contributed by atoms with van der Waals surface area (Å²) in [7, 11) is 0. The number of nitrogens with two attached hydrogens (primary N) is 1. The number of nitrogens with zero attached hydrogens (tertiary/aromatic N) is 1. The Morgan fingerprint density at radius 2 is 2.06 bits per heavy atom. The predicted molar refractivity (Wildman–Crippen MR) is 64.9 cm³/mol. The number of nitrogens with one attached hydrogen (secondary N) is 1. The van der Waals surface area contributed by atoms with Gasteiger partial charge >= 0.3 is 6.18 Å². The van der Waals surface area contributed by atoms with Crippen LogP contribution in [0, 0.1) is 5.92 Å². The summed E-state index contributed by atoms with van der Waals surface area (Å²) in [5.41, 5.74) is 4.99. The Morgan fingerprint density at radius 1 is 1.39 bits per heavy atom. The average molecular weight is 289 g/mol. The summed E-state index contributed by atoms with van der Waals surface area (Å²) in [5, 5.41) is 21.8. The van der Waals surface area contributed by atoms with Crippen LogP contribution in [0.15, 0.2) is 5.16 Å². The van der Waals surface area contributed by atoms with Crippen molar-refractivity contribution < 1.29 is 23.5 Å². The van der Waals surface area contributed by atoms with E-state index in [1.54, 1.807) is 0 Å². The maximum absolute atomic E-state index is 12.5. The van der Waals surface area contributed by atoms with Crippen LogP contribution in [0.4, 0.5) is 13.2 Å². The number of oxime groups is 1. The highest BCUT2D eigenvalue weighted by molar-refractivity contribution is 7.99. The molecule has 0 aromatic carbocycles. The molecular weight excluding hydrogens is 271 g/mol. The molecule has 5 nitrogen and oxygen atoms in total. The Balaban J connectivity index is 3.86. The summed E-state index contributed by atoms with van der Waals surface area (Å²) in [6.45, 7) is 0.0847. The summed E-state index contributed by atoms with van der Waals surface area (Å²) in [6.07, 6.45) is -3.87. The zero-order valence-electron chi connectivity index (χ0n) is 9.78. The summed E-state index contributed by atoms with van der Waals surface area (Å²) in [4.78, 5) is 0. The number of aliphatic hydroxyl groups excluding tert-OH is 1. The van der Waals surface area contributed by atoms with Crippen molar-refractivity contribution in [2.24, 2.45) is 16.8 Å². The summed E-state index contributed by atoms with van der Waals surface area (Å²) >= 11 is 1.54. The molecule has 0 spiro atoms. The summed E-state index contributed by atoms with van der Waals surface area (Å²) in [6, 6.07) is 0. The molecule has 0 aromatic heterocycles. The highest BCUT2D eigenvalue weighted by atomic mass is 32.2. The van der Waals surface area contributed by atoms with E-state index in [4.69, 9.17) is 16.0 Å². The molecule has 0 saturated heterocycles. The number of rotatable bonds is 9. The van der Waals surface area contributed by atoms with Crippen LogP contribution >= 0.6 is 11.8 Å². The fourth-order valence-electron chi connectivity index (χ4n) is 1.12. The molecule has 108 valence electrons. The zero-order valence-corrected chi connectivity index (χ0v) is 10.6. The van der Waals surface area contributed by atoms with Crippen molar-refractivity contribution in [3.63, 3.8) is 0 Å². The van der Waals surface area contributed by atoms with Gasteiger partial charge in [-0.1, -0.05) is 5.16 Å². The van der Waals surface area contributed by atoms with Crippen LogP contribution in [0.25, 0.3) is 0 Å². The molecule has 1 unspecified atom stereocenters. The van der Waals surface area contributed by atoms with Gasteiger partial charge in [-0.25, -0.2) is 0 Å². The molecule has 0 aromatic rings. The van der Waals surface area contributed by atoms with Crippen LogP contribution in [-0.4, -0.2) is 53.5 Å². The van der Waals surface area contributed by atoms with E-state index in [0.29, 0.717) is 18.7 Å². The van der Waals surface area contributed by atoms with E-state index >= 15 is 0 Å². The van der Waals surface area contributed by atoms with Gasteiger partial charge in [-0.15, -0.1) is 0 Å². The Hall–Kier alpha value is -0.670. The Labute approximate surface area is 108 Å². The number of hydrogen-bond acceptors (Lipinski definition) is 5. The number of amidine groups is 1. The van der Waals surface area contributed by atoms with E-state index < -0.39 is 24.5 Å². The third kappa shape index (κ3) is 7.62. The number of thioether (sulfide) groups is 1. The second-order valence-corrected chi connectivity index (χ2v) is 4.74. The molecule has 0 aliphatic heterocycles. The minimum absolute atomic E-state index is 0.111. The van der Waals surface area contributed by atoms with E-state index in [2.05, 4.69) is 10.5 Å². The molecule has 5 N–H and O–H groups in total. The Morgan fingerprint density at radius 3 is 2.56 bits per heavy atom. The van der Waals surface area contributed by atoms with E-state index in [0.717, 1.165) is 5.75 Å². The maximum Gasteiger partial charge on any atom is 0.400 e. The monoisotopic (exact) mass is 289 g/mol. The smallest absolute Gasteiger partial charge is 0.400 e. The van der Waals surface area contributed by atoms with Crippen molar-refractivity contribution in [1.82, 2.24) is 5.32 Å². The van der Waals surface area contributed by atoms with Crippen molar-refractivity contribution in [3.8, 4) is 0 Å². The van der Waals surface area contributed by atoms with E-state index in [9.17, 15) is 13.2 Å². The minimum Gasteiger partial charge on any atom is -0.409 e. The van der Waals surface area contributed by atoms with Crippen LogP contribution < -0.4 is 11.1 Å². The van der Waals surface area contributed by atoms with Gasteiger partial charge < -0.3 is 21.4 Å². The largest absolute Gasteiger partial charge is 0.409 e. The molecule has 0 radical (unpaired) electrons. The summed E-state index contributed by atoms with van der Waals surface area (Å²) < 4.78 is 37.5. The Kier molecular flexibility index (Phi) is 8.94. The standard InChI is InChI=1S/C9H18F3N3O2S/c10-9(11,12)7(8(13)15-17)6-14-2-5-18-4-1-3-16/h7,14,16-17H,1-6H2,(H2,13,15). The fraction of sp³-hybridized carbons (Fsp3) is 0.889. The fourth-order valence-corrected chi connectivity index (χ4v) is 1.94. The first kappa shape index (κ1) is 17.3. The highest BCUT2D eigenvalue weighted by Gasteiger charge is 2.42. The van der Waals surface area contributed by atoms with Gasteiger partial charge in [0.15, 0.2) is 5.84 Å². The third-order valence-corrected chi connectivity index (χ3v) is 3.16. The number of halogens is 3. The molecule has 0 fully saturated rings. The lowest BCUT2D eigenvalue weighted by atomic mass is 10.1. The van der Waals surface area contributed by atoms with Gasteiger partial charge in [0.05, 0.1) is 0 Å². The molecule has 0 bridgehead atoms. The van der Waals surface area contributed by atoms with Gasteiger partial charge in [0, 0.05) is 25.4 Å². The first-order valence-corrected chi connectivity index (χ1v) is 6.52. The van der Waals surface area contributed by atoms with Crippen molar-refractivity contribution >= 4 is 17.6 Å². The molecule has 9 heteroatoms. The molecule has 1 atom stereocenters. The first-order chi connectivity index (χ1) is 8.43. The Bertz CT molecular complexity index is 252. The lowest BCUT2D eigenvalue weighted by Gasteiger charge is -2.19. The molecular formula is C9H18F3N3O2S. The quantitative estimate of drug-likeness (QED) is 0.164. The second-order valence-electron chi connectivity index (χ2n) is 3.51. The van der Waals surface area contributed by atoms with Crippen molar-refractivity contribution in [2.75, 3.05) is 31.2 Å². The van der Waals surface area contributed by atoms with E-state index in [1.165, 1.54) is 11.8 Å². The van der Waals surface area contributed by atoms with Gasteiger partial charge in [-0.3, -0.25) is 0 Å². The molecule has 0 amide bonds. The van der Waals surface area contributed by atoms with Crippen molar-refractivity contribution in [1.29, 1.82) is 0 Å². The van der Waals surface area contributed by atoms with Crippen LogP contribution in [0.1, 0.15) is 6.42 Å². The van der Waals surface area contributed by atoms with Gasteiger partial charge in [-0.2, -0.15) is 24.9 Å². The molecule has 0 heterocycles. The topological polar surface area (TPSA) is 90.9 Å². The van der Waals surface area contributed by atoms with Gasteiger partial charge in [0.1, 0.15) is 5.92 Å². The molecule has 18 heavy (non-hydrogen) atoms. The van der Waals surface area contributed by atoms with E-state index in [1.807, 2.05) is 0 Å². The molecule has 0 aliphatic rings. The highest BCUT2D eigenvalue weighted by Crippen LogP contribution is 2.25. The molecule has 0 rings (SSSR count). The summed E-state index contributed by atoms with van der Waals surface area (Å²) in [5.74, 6) is -1.42. The minimum atomic E-state index is -4.53. The number of aliphatic hydroxyl groups is 1. The normalized spacial score (nSPS) is 14.8. The van der Waals surface area contributed by atoms with Crippen molar-refractivity contribution in [3.05, 3.63) is 0 Å². The SMILES string of the molecule is NC(=NO)C(CNCCSCCCO)C(F)(F)F. The van der Waals surface area contributed by atoms with Gasteiger partial charge in [0.25, 0.3) is 0 Å². The van der Waals surface area contributed by atoms with Gasteiger partial charge in [0.2, 0.25) is 0 Å². The molecule has 0 saturated carbocycles. The lowest BCUT2D eigenvalue weighted by molar-refractivity contribution is -0.154. The average Bonchev–Trinajstić information content (AvgIpc) is 2.30. The van der Waals surface area contributed by atoms with E-state index in [-0.39, 0.29) is 6.61 Å². The van der Waals surface area contributed by atoms with Crippen LogP contribution in [0.2, 0.25) is 0 Å². The lowest BCUT2D eigenvalue weighted by Crippen LogP contribution is -2.43. The predicted octanol–water partition coefficient (Wildman–Crippen LogP) is 0.616. The van der Waals surface area contributed by atoms with Crippen LogP contribution in [-0.2, 0) is 0 Å². The zero-order chi connectivity index (χ0) is 14.0. The molecule has 0 aliphatic carbocycles.